The zero-order valence-electron chi connectivity index (χ0n) is 11.7. The van der Waals surface area contributed by atoms with Crippen LogP contribution in [0.2, 0.25) is 0 Å². The lowest BCUT2D eigenvalue weighted by Gasteiger charge is -2.28. The number of ether oxygens (including phenoxy) is 1. The highest BCUT2D eigenvalue weighted by Gasteiger charge is 2.15. The molecule has 1 fully saturated rings. The Morgan fingerprint density at radius 1 is 1.33 bits per heavy atom. The highest BCUT2D eigenvalue weighted by atomic mass is 19.1. The smallest absolute Gasteiger partial charge is 0.319 e. The Bertz CT molecular complexity index is 449. The summed E-state index contributed by atoms with van der Waals surface area (Å²) in [6.07, 6.45) is -0.637. The minimum atomic E-state index is -0.637. The number of aliphatic hydroxyl groups is 1. The van der Waals surface area contributed by atoms with E-state index in [1.54, 1.807) is 0 Å². The number of carbonyl (C=O) groups is 1. The second-order valence-corrected chi connectivity index (χ2v) is 4.91. The molecule has 1 atom stereocenters. The Morgan fingerprint density at radius 2 is 2.00 bits per heavy atom. The Kier molecular flexibility index (Phi) is 5.91. The van der Waals surface area contributed by atoms with Crippen molar-refractivity contribution in [2.24, 2.45) is 0 Å². The largest absolute Gasteiger partial charge is 0.390 e. The fraction of sp³-hybridized carbons (Fsp3) is 0.500. The average Bonchev–Trinajstić information content (AvgIpc) is 2.49. The van der Waals surface area contributed by atoms with Crippen molar-refractivity contribution in [2.45, 2.75) is 6.10 Å². The van der Waals surface area contributed by atoms with Crippen LogP contribution in [0.3, 0.4) is 0 Å². The molecule has 6 nitrogen and oxygen atoms in total. The van der Waals surface area contributed by atoms with Crippen molar-refractivity contribution in [1.29, 1.82) is 0 Å². The fourth-order valence-corrected chi connectivity index (χ4v) is 2.07. The SMILES string of the molecule is O=C(NC[C@H](O)CN1CCOCC1)Nc1ccc(F)cc1. The monoisotopic (exact) mass is 297 g/mol. The van der Waals surface area contributed by atoms with Gasteiger partial charge in [0.1, 0.15) is 5.82 Å². The molecule has 1 saturated heterocycles. The van der Waals surface area contributed by atoms with Crippen LogP contribution in [0.5, 0.6) is 0 Å². The number of nitrogens with one attached hydrogen (secondary N) is 2. The van der Waals surface area contributed by atoms with E-state index in [1.165, 1.54) is 24.3 Å². The Labute approximate surface area is 122 Å². The van der Waals surface area contributed by atoms with E-state index in [0.29, 0.717) is 25.4 Å². The van der Waals surface area contributed by atoms with E-state index >= 15 is 0 Å². The maximum atomic E-state index is 12.7. The Balaban J connectivity index is 1.66. The van der Waals surface area contributed by atoms with E-state index in [2.05, 4.69) is 15.5 Å². The lowest BCUT2D eigenvalue weighted by Crippen LogP contribution is -2.45. The van der Waals surface area contributed by atoms with Crippen molar-refractivity contribution in [3.05, 3.63) is 30.1 Å². The third-order valence-corrected chi connectivity index (χ3v) is 3.17. The van der Waals surface area contributed by atoms with E-state index in [9.17, 15) is 14.3 Å². The van der Waals surface area contributed by atoms with Crippen LogP contribution < -0.4 is 10.6 Å². The zero-order chi connectivity index (χ0) is 15.1. The van der Waals surface area contributed by atoms with Gasteiger partial charge in [-0.1, -0.05) is 0 Å². The molecule has 0 aliphatic carbocycles. The summed E-state index contributed by atoms with van der Waals surface area (Å²) in [6.45, 7) is 3.58. The van der Waals surface area contributed by atoms with Crippen LogP contribution in [0.15, 0.2) is 24.3 Å². The molecular weight excluding hydrogens is 277 g/mol. The molecule has 1 aliphatic rings. The highest BCUT2D eigenvalue weighted by molar-refractivity contribution is 5.89. The van der Waals surface area contributed by atoms with Gasteiger partial charge in [-0.3, -0.25) is 4.90 Å². The van der Waals surface area contributed by atoms with E-state index < -0.39 is 12.1 Å². The van der Waals surface area contributed by atoms with Gasteiger partial charge in [0.15, 0.2) is 0 Å². The van der Waals surface area contributed by atoms with Gasteiger partial charge in [-0.25, -0.2) is 9.18 Å². The van der Waals surface area contributed by atoms with Gasteiger partial charge in [0.25, 0.3) is 0 Å². The molecule has 1 aromatic rings. The van der Waals surface area contributed by atoms with Gasteiger partial charge in [0.2, 0.25) is 0 Å². The van der Waals surface area contributed by atoms with Crippen molar-refractivity contribution >= 4 is 11.7 Å². The number of hydrogen-bond donors (Lipinski definition) is 3. The van der Waals surface area contributed by atoms with Gasteiger partial charge in [-0.05, 0) is 24.3 Å². The van der Waals surface area contributed by atoms with Crippen molar-refractivity contribution in [3.63, 3.8) is 0 Å². The molecule has 0 bridgehead atoms. The number of urea groups is 1. The summed E-state index contributed by atoms with van der Waals surface area (Å²) in [5.74, 6) is -0.359. The van der Waals surface area contributed by atoms with E-state index in [4.69, 9.17) is 4.74 Å². The molecule has 1 aromatic carbocycles. The molecule has 3 N–H and O–H groups in total. The predicted octanol–water partition coefficient (Wildman–Crippen LogP) is 0.640. The van der Waals surface area contributed by atoms with E-state index in [1.807, 2.05) is 0 Å². The number of β-amino-alcohol motifs (C(OH)–C–C–N with tert-alkyl or cyclic N) is 1. The first-order chi connectivity index (χ1) is 10.1. The maximum absolute atomic E-state index is 12.7. The molecule has 1 aliphatic heterocycles. The van der Waals surface area contributed by atoms with Gasteiger partial charge in [-0.15, -0.1) is 0 Å². The van der Waals surface area contributed by atoms with Gasteiger partial charge in [0.05, 0.1) is 19.3 Å². The Hall–Kier alpha value is -1.70. The lowest BCUT2D eigenvalue weighted by molar-refractivity contribution is 0.0154. The molecule has 2 amide bonds. The first kappa shape index (κ1) is 15.7. The Morgan fingerprint density at radius 3 is 2.67 bits per heavy atom. The van der Waals surface area contributed by atoms with Gasteiger partial charge in [-0.2, -0.15) is 0 Å². The number of benzene rings is 1. The highest BCUT2D eigenvalue weighted by Crippen LogP contribution is 2.07. The van der Waals surface area contributed by atoms with Crippen LogP contribution >= 0.6 is 0 Å². The molecular formula is C14H20FN3O3. The number of hydrogen-bond acceptors (Lipinski definition) is 4. The summed E-state index contributed by atoms with van der Waals surface area (Å²) in [5, 5.41) is 15.0. The quantitative estimate of drug-likeness (QED) is 0.746. The number of amides is 2. The molecule has 0 radical (unpaired) electrons. The minimum Gasteiger partial charge on any atom is -0.390 e. The van der Waals surface area contributed by atoms with E-state index in [0.717, 1.165) is 13.1 Å². The molecule has 21 heavy (non-hydrogen) atoms. The molecule has 2 rings (SSSR count). The van der Waals surface area contributed by atoms with Crippen LogP contribution in [0, 0.1) is 5.82 Å². The zero-order valence-corrected chi connectivity index (χ0v) is 11.7. The van der Waals surface area contributed by atoms with Gasteiger partial charge in [0, 0.05) is 31.9 Å². The summed E-state index contributed by atoms with van der Waals surface area (Å²) in [7, 11) is 0. The van der Waals surface area contributed by atoms with Crippen LogP contribution in [0.1, 0.15) is 0 Å². The number of rotatable bonds is 5. The fourth-order valence-electron chi connectivity index (χ4n) is 2.07. The lowest BCUT2D eigenvalue weighted by atomic mass is 10.3. The number of morpholine rings is 1. The van der Waals surface area contributed by atoms with Gasteiger partial charge >= 0.3 is 6.03 Å². The second kappa shape index (κ2) is 7.92. The first-order valence-corrected chi connectivity index (χ1v) is 6.92. The number of carbonyl (C=O) groups excluding carboxylic acids is 1. The third-order valence-electron chi connectivity index (χ3n) is 3.17. The number of aliphatic hydroxyl groups excluding tert-OH is 1. The molecule has 0 saturated carbocycles. The van der Waals surface area contributed by atoms with Crippen molar-refractivity contribution in [3.8, 4) is 0 Å². The normalized spacial score (nSPS) is 17.2. The topological polar surface area (TPSA) is 73.8 Å². The van der Waals surface area contributed by atoms with Crippen molar-refractivity contribution in [1.82, 2.24) is 10.2 Å². The molecule has 0 spiro atoms. The molecule has 0 aromatic heterocycles. The van der Waals surface area contributed by atoms with Gasteiger partial charge < -0.3 is 20.5 Å². The number of anilines is 1. The number of halogens is 1. The summed E-state index contributed by atoms with van der Waals surface area (Å²) < 4.78 is 18.0. The standard InChI is InChI=1S/C14H20FN3O3/c15-11-1-3-12(4-2-11)17-14(20)16-9-13(19)10-18-5-7-21-8-6-18/h1-4,13,19H,5-10H2,(H2,16,17,20)/t13-/m0/s1. The maximum Gasteiger partial charge on any atom is 0.319 e. The third kappa shape index (κ3) is 5.66. The van der Waals surface area contributed by atoms with Crippen molar-refractivity contribution < 1.29 is 19.0 Å². The molecule has 0 unspecified atom stereocenters. The van der Waals surface area contributed by atoms with E-state index in [-0.39, 0.29) is 12.4 Å². The molecule has 1 heterocycles. The number of nitrogens with zero attached hydrogens (tertiary/aromatic N) is 1. The molecule has 7 heteroatoms. The summed E-state index contributed by atoms with van der Waals surface area (Å²) in [6, 6.07) is 5.05. The first-order valence-electron chi connectivity index (χ1n) is 6.92. The average molecular weight is 297 g/mol. The summed E-state index contributed by atoms with van der Waals surface area (Å²) in [5.41, 5.74) is 0.497. The second-order valence-electron chi connectivity index (χ2n) is 4.91. The van der Waals surface area contributed by atoms with Crippen LogP contribution in [-0.4, -0.2) is 61.5 Å². The van der Waals surface area contributed by atoms with Crippen molar-refractivity contribution in [2.75, 3.05) is 44.7 Å². The van der Waals surface area contributed by atoms with Crippen LogP contribution in [0.4, 0.5) is 14.9 Å². The minimum absolute atomic E-state index is 0.157. The summed E-state index contributed by atoms with van der Waals surface area (Å²) in [4.78, 5) is 13.7. The predicted molar refractivity (Wildman–Crippen MR) is 76.7 cm³/mol. The van der Waals surface area contributed by atoms with Crippen LogP contribution in [0.25, 0.3) is 0 Å². The van der Waals surface area contributed by atoms with Crippen LogP contribution in [-0.2, 0) is 4.74 Å². The molecule has 116 valence electrons. The summed E-state index contributed by atoms with van der Waals surface area (Å²) >= 11 is 0.